The number of carbonyl (C=O) groups is 1. The predicted molar refractivity (Wildman–Crippen MR) is 114 cm³/mol. The molecule has 0 aromatic heterocycles. The number of amides is 1. The summed E-state index contributed by atoms with van der Waals surface area (Å²) in [5.74, 6) is 0.786. The number of nitrogens with one attached hydrogen (secondary N) is 1. The summed E-state index contributed by atoms with van der Waals surface area (Å²) in [5, 5.41) is 3.15. The molecule has 0 bridgehead atoms. The summed E-state index contributed by atoms with van der Waals surface area (Å²) < 4.78 is 25.0. The maximum Gasteiger partial charge on any atom is 0.275 e. The zero-order valence-corrected chi connectivity index (χ0v) is 16.6. The monoisotopic (exact) mass is 404 g/mol. The molecule has 0 unspecified atom stereocenters. The minimum absolute atomic E-state index is 0.246. The average Bonchev–Trinajstić information content (AvgIpc) is 3.10. The smallest absolute Gasteiger partial charge is 0.275 e. The van der Waals surface area contributed by atoms with Crippen LogP contribution in [0.1, 0.15) is 11.6 Å². The minimum atomic E-state index is -0.576. The molecule has 5 nitrogen and oxygen atoms in total. The van der Waals surface area contributed by atoms with Crippen LogP contribution in [0, 0.1) is 5.82 Å². The van der Waals surface area contributed by atoms with Crippen molar-refractivity contribution in [2.24, 2.45) is 0 Å². The molecule has 3 aromatic rings. The molecule has 1 atom stereocenters. The molecule has 0 aliphatic carbocycles. The van der Waals surface area contributed by atoms with Gasteiger partial charge in [0.1, 0.15) is 23.0 Å². The lowest BCUT2D eigenvalue weighted by molar-refractivity contribution is -0.114. The first-order valence-corrected chi connectivity index (χ1v) is 9.45. The Kier molecular flexibility index (Phi) is 5.39. The van der Waals surface area contributed by atoms with Gasteiger partial charge in [-0.15, -0.1) is 0 Å². The normalized spacial score (nSPS) is 15.7. The number of carbonyl (C=O) groups excluding carboxylic acids is 1. The zero-order valence-electron chi connectivity index (χ0n) is 16.6. The quantitative estimate of drug-likeness (QED) is 0.633. The van der Waals surface area contributed by atoms with Crippen molar-refractivity contribution in [3.05, 3.63) is 96.0 Å². The van der Waals surface area contributed by atoms with Gasteiger partial charge in [0.15, 0.2) is 0 Å². The van der Waals surface area contributed by atoms with Crippen LogP contribution in [0.15, 0.2) is 84.6 Å². The molecule has 30 heavy (non-hydrogen) atoms. The van der Waals surface area contributed by atoms with Gasteiger partial charge in [0.2, 0.25) is 0 Å². The van der Waals surface area contributed by atoms with Gasteiger partial charge in [0, 0.05) is 16.9 Å². The fourth-order valence-electron chi connectivity index (χ4n) is 3.45. The molecule has 1 heterocycles. The third-order valence-corrected chi connectivity index (χ3v) is 5.00. The van der Waals surface area contributed by atoms with Crippen LogP contribution in [-0.2, 0) is 4.79 Å². The van der Waals surface area contributed by atoms with Crippen LogP contribution >= 0.6 is 0 Å². The molecule has 0 radical (unpaired) electrons. The lowest BCUT2D eigenvalue weighted by atomic mass is 10.1. The molecule has 0 spiro atoms. The molecule has 1 aliphatic rings. The first-order chi connectivity index (χ1) is 14.6. The first-order valence-electron chi connectivity index (χ1n) is 9.45. The Hall–Kier alpha value is -3.80. The highest BCUT2D eigenvalue weighted by Crippen LogP contribution is 2.37. The molecule has 6 heteroatoms. The van der Waals surface area contributed by atoms with E-state index in [9.17, 15) is 9.18 Å². The van der Waals surface area contributed by atoms with E-state index in [1.165, 1.54) is 6.07 Å². The molecule has 0 saturated heterocycles. The SMILES string of the molecule is COc1ccc(NC2=C[C@@H](c3ccccc3F)N(c3ccc(OC)cc3)C2=O)cc1. The van der Waals surface area contributed by atoms with Crippen molar-refractivity contribution in [3.63, 3.8) is 0 Å². The molecule has 3 aromatic carbocycles. The van der Waals surface area contributed by atoms with E-state index in [2.05, 4.69) is 5.32 Å². The number of rotatable bonds is 6. The van der Waals surface area contributed by atoms with Crippen LogP contribution in [0.5, 0.6) is 11.5 Å². The second-order valence-electron chi connectivity index (χ2n) is 6.77. The Morgan fingerprint density at radius 3 is 2.07 bits per heavy atom. The van der Waals surface area contributed by atoms with E-state index in [0.29, 0.717) is 22.7 Å². The molecule has 1 N–H and O–H groups in total. The van der Waals surface area contributed by atoms with E-state index < -0.39 is 6.04 Å². The van der Waals surface area contributed by atoms with Gasteiger partial charge in [-0.05, 0) is 60.7 Å². The fourth-order valence-corrected chi connectivity index (χ4v) is 3.45. The summed E-state index contributed by atoms with van der Waals surface area (Å²) in [6, 6.07) is 20.3. The summed E-state index contributed by atoms with van der Waals surface area (Å²) in [4.78, 5) is 14.9. The van der Waals surface area contributed by atoms with Gasteiger partial charge in [-0.2, -0.15) is 0 Å². The van der Waals surface area contributed by atoms with E-state index in [1.54, 1.807) is 79.8 Å². The van der Waals surface area contributed by atoms with E-state index in [1.807, 2.05) is 12.1 Å². The van der Waals surface area contributed by atoms with Crippen LogP contribution in [-0.4, -0.2) is 20.1 Å². The number of nitrogens with zero attached hydrogens (tertiary/aromatic N) is 1. The van der Waals surface area contributed by atoms with Crippen molar-refractivity contribution in [3.8, 4) is 11.5 Å². The van der Waals surface area contributed by atoms with Gasteiger partial charge in [-0.25, -0.2) is 4.39 Å². The van der Waals surface area contributed by atoms with E-state index >= 15 is 0 Å². The van der Waals surface area contributed by atoms with Crippen molar-refractivity contribution in [2.75, 3.05) is 24.4 Å². The van der Waals surface area contributed by atoms with Gasteiger partial charge >= 0.3 is 0 Å². The lowest BCUT2D eigenvalue weighted by Gasteiger charge is -2.25. The molecular weight excluding hydrogens is 383 g/mol. The van der Waals surface area contributed by atoms with E-state index in [4.69, 9.17) is 9.47 Å². The Labute approximate surface area is 174 Å². The van der Waals surface area contributed by atoms with E-state index in [0.717, 1.165) is 11.4 Å². The molecule has 0 saturated carbocycles. The molecular formula is C24H21FN2O3. The number of ether oxygens (including phenoxy) is 2. The predicted octanol–water partition coefficient (Wildman–Crippen LogP) is 4.93. The molecule has 4 rings (SSSR count). The first kappa shape index (κ1) is 19.5. The highest BCUT2D eigenvalue weighted by Gasteiger charge is 2.36. The summed E-state index contributed by atoms with van der Waals surface area (Å²) in [5.41, 5.74) is 2.19. The number of halogens is 1. The van der Waals surface area contributed by atoms with Crippen molar-refractivity contribution < 1.29 is 18.7 Å². The molecule has 0 fully saturated rings. The van der Waals surface area contributed by atoms with Crippen LogP contribution < -0.4 is 19.7 Å². The standard InChI is InChI=1S/C24H21FN2O3/c1-29-18-11-7-16(8-12-18)26-22-15-23(20-5-3-4-6-21(20)25)27(24(22)28)17-9-13-19(30-2)14-10-17/h3-15,23,26H,1-2H3/t23-/m0/s1. The van der Waals surface area contributed by atoms with Gasteiger partial charge in [0.05, 0.1) is 20.3 Å². The maximum atomic E-state index is 14.6. The summed E-state index contributed by atoms with van der Waals surface area (Å²) in [6.07, 6.45) is 1.75. The highest BCUT2D eigenvalue weighted by molar-refractivity contribution is 6.11. The Bertz CT molecular complexity index is 1080. The topological polar surface area (TPSA) is 50.8 Å². The van der Waals surface area contributed by atoms with Gasteiger partial charge in [-0.1, -0.05) is 18.2 Å². The number of hydrogen-bond acceptors (Lipinski definition) is 4. The summed E-state index contributed by atoms with van der Waals surface area (Å²) in [6.45, 7) is 0. The molecule has 1 aliphatic heterocycles. The largest absolute Gasteiger partial charge is 0.497 e. The average molecular weight is 404 g/mol. The molecule has 152 valence electrons. The van der Waals surface area contributed by atoms with E-state index in [-0.39, 0.29) is 11.7 Å². The van der Waals surface area contributed by atoms with Crippen molar-refractivity contribution in [1.29, 1.82) is 0 Å². The lowest BCUT2D eigenvalue weighted by Crippen LogP contribution is -2.31. The van der Waals surface area contributed by atoms with Gasteiger partial charge in [0.25, 0.3) is 5.91 Å². The fraction of sp³-hybridized carbons (Fsp3) is 0.125. The Morgan fingerprint density at radius 1 is 0.867 bits per heavy atom. The second kappa shape index (κ2) is 8.29. The van der Waals surface area contributed by atoms with Gasteiger partial charge in [-0.3, -0.25) is 9.69 Å². The van der Waals surface area contributed by atoms with Crippen molar-refractivity contribution >= 4 is 17.3 Å². The third kappa shape index (κ3) is 3.72. The zero-order chi connectivity index (χ0) is 21.1. The highest BCUT2D eigenvalue weighted by atomic mass is 19.1. The number of hydrogen-bond donors (Lipinski definition) is 1. The van der Waals surface area contributed by atoms with Crippen LogP contribution in [0.3, 0.4) is 0 Å². The Morgan fingerprint density at radius 2 is 1.47 bits per heavy atom. The van der Waals surface area contributed by atoms with Crippen LogP contribution in [0.4, 0.5) is 15.8 Å². The number of benzene rings is 3. The van der Waals surface area contributed by atoms with Gasteiger partial charge < -0.3 is 14.8 Å². The van der Waals surface area contributed by atoms with Crippen molar-refractivity contribution in [1.82, 2.24) is 0 Å². The minimum Gasteiger partial charge on any atom is -0.497 e. The van der Waals surface area contributed by atoms with Crippen LogP contribution in [0.2, 0.25) is 0 Å². The van der Waals surface area contributed by atoms with Crippen molar-refractivity contribution in [2.45, 2.75) is 6.04 Å². The summed E-state index contributed by atoms with van der Waals surface area (Å²) >= 11 is 0. The third-order valence-electron chi connectivity index (χ3n) is 5.00. The molecule has 1 amide bonds. The number of anilines is 2. The Balaban J connectivity index is 1.71. The second-order valence-corrected chi connectivity index (χ2v) is 6.77. The maximum absolute atomic E-state index is 14.6. The number of methoxy groups -OCH3 is 2. The summed E-state index contributed by atoms with van der Waals surface area (Å²) in [7, 11) is 3.17. The van der Waals surface area contributed by atoms with Crippen LogP contribution in [0.25, 0.3) is 0 Å².